The summed E-state index contributed by atoms with van der Waals surface area (Å²) in [6, 6.07) is 5.45. The van der Waals surface area contributed by atoms with E-state index >= 15 is 0 Å². The molecule has 1 aliphatic carbocycles. The second kappa shape index (κ2) is 9.18. The third-order valence-electron chi connectivity index (χ3n) is 9.03. The highest BCUT2D eigenvalue weighted by Crippen LogP contribution is 2.51. The molecule has 1 aromatic carbocycles. The van der Waals surface area contributed by atoms with Crippen molar-refractivity contribution in [2.24, 2.45) is 5.41 Å². The van der Waals surface area contributed by atoms with Gasteiger partial charge in [0.2, 0.25) is 18.2 Å². The number of carbonyl (C=O) groups excluding carboxylic acids is 4. The fourth-order valence-corrected chi connectivity index (χ4v) is 6.80. The van der Waals surface area contributed by atoms with Gasteiger partial charge >= 0.3 is 0 Å². The molecule has 1 atom stereocenters. The number of nitrogens with zero attached hydrogens (tertiary/aromatic N) is 3. The minimum atomic E-state index is -0.577. The number of benzene rings is 1. The number of nitrogens with one attached hydrogen (secondary N) is 1. The molecule has 9 nitrogen and oxygen atoms in total. The van der Waals surface area contributed by atoms with Crippen molar-refractivity contribution in [2.45, 2.75) is 76.2 Å². The van der Waals surface area contributed by atoms with E-state index in [-0.39, 0.29) is 30.2 Å². The first-order valence-electron chi connectivity index (χ1n) is 13.3. The van der Waals surface area contributed by atoms with Gasteiger partial charge in [-0.25, -0.2) is 0 Å². The Balaban J connectivity index is 1.02. The lowest BCUT2D eigenvalue weighted by molar-refractivity contribution is -0.138. The van der Waals surface area contributed by atoms with Crippen molar-refractivity contribution in [3.63, 3.8) is 0 Å². The zero-order chi connectivity index (χ0) is 24.9. The number of hydrogen-bond donors (Lipinski definition) is 1. The molecule has 192 valence electrons. The van der Waals surface area contributed by atoms with E-state index in [1.807, 2.05) is 17.0 Å². The summed E-state index contributed by atoms with van der Waals surface area (Å²) in [5, 5.41) is 2.36. The summed E-state index contributed by atoms with van der Waals surface area (Å²) in [6.07, 6.45) is 8.68. The summed E-state index contributed by atoms with van der Waals surface area (Å²) in [4.78, 5) is 53.5. The zero-order valence-electron chi connectivity index (χ0n) is 20.6. The summed E-state index contributed by atoms with van der Waals surface area (Å²) < 4.78 is 6.35. The fourth-order valence-electron chi connectivity index (χ4n) is 6.80. The second-order valence-electron chi connectivity index (χ2n) is 11.2. The Morgan fingerprint density at radius 2 is 1.72 bits per heavy atom. The molecule has 3 saturated heterocycles. The first kappa shape index (κ1) is 23.5. The molecule has 0 aromatic heterocycles. The van der Waals surface area contributed by atoms with Gasteiger partial charge in [-0.15, -0.1) is 0 Å². The average Bonchev–Trinajstić information content (AvgIpc) is 3.19. The minimum absolute atomic E-state index is 0.124. The molecule has 6 rings (SSSR count). The summed E-state index contributed by atoms with van der Waals surface area (Å²) in [5.41, 5.74) is 3.14. The molecule has 1 saturated carbocycles. The van der Waals surface area contributed by atoms with E-state index in [2.05, 4.69) is 16.3 Å². The number of anilines is 1. The van der Waals surface area contributed by atoms with Crippen LogP contribution in [0.25, 0.3) is 0 Å². The van der Waals surface area contributed by atoms with Gasteiger partial charge in [-0.3, -0.25) is 24.5 Å². The second-order valence-corrected chi connectivity index (χ2v) is 11.2. The van der Waals surface area contributed by atoms with E-state index < -0.39 is 6.04 Å². The van der Waals surface area contributed by atoms with Crippen LogP contribution in [0.15, 0.2) is 18.2 Å². The molecule has 5 aliphatic rings. The zero-order valence-corrected chi connectivity index (χ0v) is 20.6. The van der Waals surface area contributed by atoms with Gasteiger partial charge in [0.05, 0.1) is 12.2 Å². The molecule has 1 N–H and O–H groups in total. The molecule has 4 amide bonds. The minimum Gasteiger partial charge on any atom is -0.375 e. The maximum absolute atomic E-state index is 13.0. The normalized spacial score (nSPS) is 26.7. The monoisotopic (exact) mass is 494 g/mol. The third-order valence-corrected chi connectivity index (χ3v) is 9.03. The number of imide groups is 1. The van der Waals surface area contributed by atoms with Gasteiger partial charge in [0.1, 0.15) is 6.04 Å². The average molecular weight is 495 g/mol. The lowest BCUT2D eigenvalue weighted by Crippen LogP contribution is -2.52. The maximum Gasteiger partial charge on any atom is 0.255 e. The molecule has 1 spiro atoms. The van der Waals surface area contributed by atoms with E-state index in [0.29, 0.717) is 30.0 Å². The summed E-state index contributed by atoms with van der Waals surface area (Å²) in [5.74, 6) is -0.765. The topological polar surface area (TPSA) is 99.3 Å². The maximum atomic E-state index is 13.0. The smallest absolute Gasteiger partial charge is 0.255 e. The molecule has 9 heteroatoms. The predicted octanol–water partition coefficient (Wildman–Crippen LogP) is 1.83. The molecular weight excluding hydrogens is 460 g/mol. The molecule has 4 aliphatic heterocycles. The highest BCUT2D eigenvalue weighted by atomic mass is 16.5. The quantitative estimate of drug-likeness (QED) is 0.495. The van der Waals surface area contributed by atoms with E-state index in [4.69, 9.17) is 4.74 Å². The number of ether oxygens (including phenoxy) is 1. The van der Waals surface area contributed by atoms with E-state index in [1.165, 1.54) is 0 Å². The van der Waals surface area contributed by atoms with Gasteiger partial charge in [0.25, 0.3) is 5.91 Å². The molecule has 1 aromatic rings. The Bertz CT molecular complexity index is 1070. The van der Waals surface area contributed by atoms with Crippen molar-refractivity contribution in [3.05, 3.63) is 29.3 Å². The van der Waals surface area contributed by atoms with Crippen LogP contribution in [0.3, 0.4) is 0 Å². The van der Waals surface area contributed by atoms with Crippen LogP contribution >= 0.6 is 0 Å². The number of likely N-dealkylation sites (tertiary alicyclic amines) is 1. The van der Waals surface area contributed by atoms with Crippen LogP contribution in [0.1, 0.15) is 67.3 Å². The molecule has 4 heterocycles. The Morgan fingerprint density at radius 1 is 0.972 bits per heavy atom. The number of carbonyl (C=O) groups is 4. The van der Waals surface area contributed by atoms with Crippen molar-refractivity contribution in [2.75, 3.05) is 31.1 Å². The molecular formula is C27H34N4O5. The highest BCUT2D eigenvalue weighted by molar-refractivity contribution is 6.05. The van der Waals surface area contributed by atoms with Gasteiger partial charge in [0, 0.05) is 50.4 Å². The van der Waals surface area contributed by atoms with E-state index in [0.717, 1.165) is 82.4 Å². The van der Waals surface area contributed by atoms with Crippen LogP contribution in [0.4, 0.5) is 5.69 Å². The van der Waals surface area contributed by atoms with Crippen LogP contribution < -0.4 is 10.2 Å². The van der Waals surface area contributed by atoms with E-state index in [9.17, 15) is 19.2 Å². The number of hydrogen-bond acceptors (Lipinski definition) is 6. The van der Waals surface area contributed by atoms with Crippen molar-refractivity contribution >= 4 is 29.8 Å². The number of rotatable bonds is 5. The Kier molecular flexibility index (Phi) is 5.98. The first-order chi connectivity index (χ1) is 17.4. The van der Waals surface area contributed by atoms with E-state index in [1.54, 1.807) is 4.90 Å². The van der Waals surface area contributed by atoms with Gasteiger partial charge in [0.15, 0.2) is 0 Å². The van der Waals surface area contributed by atoms with Crippen molar-refractivity contribution in [3.8, 4) is 0 Å². The summed E-state index contributed by atoms with van der Waals surface area (Å²) >= 11 is 0. The van der Waals surface area contributed by atoms with Crippen molar-refractivity contribution < 1.29 is 23.9 Å². The van der Waals surface area contributed by atoms with Gasteiger partial charge in [-0.2, -0.15) is 0 Å². The Labute approximate surface area is 211 Å². The predicted molar refractivity (Wildman–Crippen MR) is 131 cm³/mol. The van der Waals surface area contributed by atoms with Gasteiger partial charge < -0.3 is 19.4 Å². The number of piperidine rings is 3. The SMILES string of the molecule is O=CN1CCC(OC2CC3(CCN(c4ccc5c(c4)CN(C4CCC(=O)NC4=O)C5=O)CC3)C2)CC1. The number of amides is 4. The highest BCUT2D eigenvalue weighted by Gasteiger charge is 2.47. The van der Waals surface area contributed by atoms with Crippen molar-refractivity contribution in [1.29, 1.82) is 0 Å². The van der Waals surface area contributed by atoms with Crippen LogP contribution in [0.2, 0.25) is 0 Å². The molecule has 0 radical (unpaired) electrons. The molecule has 36 heavy (non-hydrogen) atoms. The van der Waals surface area contributed by atoms with Crippen LogP contribution in [-0.4, -0.2) is 78.4 Å². The summed E-state index contributed by atoms with van der Waals surface area (Å²) in [6.45, 7) is 4.01. The van der Waals surface area contributed by atoms with Crippen LogP contribution in [-0.2, 0) is 25.7 Å². The van der Waals surface area contributed by atoms with Crippen molar-refractivity contribution in [1.82, 2.24) is 15.1 Å². The van der Waals surface area contributed by atoms with Gasteiger partial charge in [-0.1, -0.05) is 0 Å². The fraction of sp³-hybridized carbons (Fsp3) is 0.630. The van der Waals surface area contributed by atoms with Crippen LogP contribution in [0.5, 0.6) is 0 Å². The molecule has 1 unspecified atom stereocenters. The Morgan fingerprint density at radius 3 is 2.42 bits per heavy atom. The van der Waals surface area contributed by atoms with Gasteiger partial charge in [-0.05, 0) is 74.1 Å². The molecule has 4 fully saturated rings. The van der Waals surface area contributed by atoms with Crippen LogP contribution in [0, 0.1) is 5.41 Å². The Hall–Kier alpha value is -2.94. The lowest BCUT2D eigenvalue weighted by atomic mass is 9.61. The summed E-state index contributed by atoms with van der Waals surface area (Å²) in [7, 11) is 0. The standard InChI is InChI=1S/C27H34N4O5/c32-17-29-9-5-20(6-10-29)36-21-14-27(15-21)7-11-30(12-8-27)19-1-2-22-18(13-19)16-31(26(22)35)23-3-4-24(33)28-25(23)34/h1-2,13,17,20-21,23H,3-12,14-16H2,(H,28,33,34). The first-order valence-corrected chi connectivity index (χ1v) is 13.3. The molecule has 0 bridgehead atoms. The largest absolute Gasteiger partial charge is 0.375 e. The lowest BCUT2D eigenvalue weighted by Gasteiger charge is -2.53. The number of fused-ring (bicyclic) bond motifs is 1. The third kappa shape index (κ3) is 4.27.